The first-order valence-corrected chi connectivity index (χ1v) is 5.98. The molecule has 6 N–H and O–H groups in total. The Morgan fingerprint density at radius 3 is 2.40 bits per heavy atom. The lowest BCUT2D eigenvalue weighted by atomic mass is 10.2. The van der Waals surface area contributed by atoms with Gasteiger partial charge in [-0.05, 0) is 6.42 Å². The molecule has 0 aromatic heterocycles. The second-order valence-electron chi connectivity index (χ2n) is 3.56. The van der Waals surface area contributed by atoms with Gasteiger partial charge in [0.25, 0.3) is 0 Å². The average Bonchev–Trinajstić information content (AvgIpc) is 2.38. The van der Waals surface area contributed by atoms with Crippen molar-refractivity contribution in [2.24, 2.45) is 0 Å². The molecule has 0 rings (SSSR count). The van der Waals surface area contributed by atoms with Gasteiger partial charge in [-0.25, -0.2) is 6.08 Å². The van der Waals surface area contributed by atoms with Crippen molar-refractivity contribution in [3.8, 4) is 0 Å². The van der Waals surface area contributed by atoms with Crippen LogP contribution in [0.25, 0.3) is 5.73 Å². The van der Waals surface area contributed by atoms with Crippen LogP contribution in [0.2, 0.25) is 0 Å². The second-order valence-corrected chi connectivity index (χ2v) is 3.92. The molecule has 0 aromatic rings. The number of nitrogens with one attached hydrogen (secondary N) is 3. The summed E-state index contributed by atoms with van der Waals surface area (Å²) in [6.45, 7) is -0.580. The van der Waals surface area contributed by atoms with Gasteiger partial charge in [-0.3, -0.25) is 20.1 Å². The van der Waals surface area contributed by atoms with Crippen molar-refractivity contribution >= 4 is 30.4 Å². The standard InChI is InChI=1S/C10H15N3O6S/c11-5(10(18)19)1-2-7(14)13-6(4-20)9(17)12-3-8(15)16/h1,6,11,18-20H,2-4H2,(H,12,17)(H,13,14)(H,15,16)/q-2. The van der Waals surface area contributed by atoms with Crippen LogP contribution in [-0.4, -0.2) is 51.4 Å². The highest BCUT2D eigenvalue weighted by atomic mass is 32.1. The number of aliphatic hydroxyl groups excluding tert-OH is 1. The molecular formula is C10H15N3O6S-2. The zero-order valence-corrected chi connectivity index (χ0v) is 11.2. The Morgan fingerprint density at radius 1 is 1.35 bits per heavy atom. The Hall–Kier alpha value is -1.91. The Labute approximate surface area is 120 Å². The van der Waals surface area contributed by atoms with E-state index in [1.165, 1.54) is 0 Å². The summed E-state index contributed by atoms with van der Waals surface area (Å²) in [5, 5.41) is 29.8. The molecule has 0 saturated heterocycles. The third-order valence-electron chi connectivity index (χ3n) is 1.98. The number of amides is 2. The number of thiol groups is 1. The number of aliphatic hydroxyl groups is 2. The maximum atomic E-state index is 11.5. The minimum absolute atomic E-state index is 0.0496. The monoisotopic (exact) mass is 305 g/mol. The van der Waals surface area contributed by atoms with E-state index in [-0.39, 0.29) is 12.2 Å². The summed E-state index contributed by atoms with van der Waals surface area (Å²) in [6.07, 6.45) is -0.627. The number of hydrogen-bond donors (Lipinski definition) is 6. The van der Waals surface area contributed by atoms with Crippen LogP contribution in [0.1, 0.15) is 6.42 Å². The van der Waals surface area contributed by atoms with Crippen LogP contribution >= 0.6 is 12.6 Å². The van der Waals surface area contributed by atoms with Crippen LogP contribution in [0.3, 0.4) is 0 Å². The van der Waals surface area contributed by atoms with Crippen LogP contribution in [0.5, 0.6) is 0 Å². The smallest absolute Gasteiger partial charge is 0.322 e. The molecule has 0 saturated carbocycles. The van der Waals surface area contributed by atoms with Crippen molar-refractivity contribution in [3.63, 3.8) is 0 Å². The van der Waals surface area contributed by atoms with Crippen molar-refractivity contribution in [1.82, 2.24) is 10.6 Å². The molecule has 0 aliphatic heterocycles. The third kappa shape index (κ3) is 7.51. The molecule has 10 heteroatoms. The number of carboxylic acid groups (broad SMARTS) is 1. The predicted molar refractivity (Wildman–Crippen MR) is 70.6 cm³/mol. The van der Waals surface area contributed by atoms with Crippen LogP contribution in [0.4, 0.5) is 0 Å². The summed E-state index contributed by atoms with van der Waals surface area (Å²) in [7, 11) is 0. The van der Waals surface area contributed by atoms with E-state index in [0.717, 1.165) is 6.08 Å². The molecule has 0 aliphatic carbocycles. The molecule has 20 heavy (non-hydrogen) atoms. The summed E-state index contributed by atoms with van der Waals surface area (Å²) in [6, 6.07) is -1.03. The van der Waals surface area contributed by atoms with Crippen LogP contribution in [-0.2, 0) is 14.4 Å². The van der Waals surface area contributed by atoms with E-state index in [1.807, 2.05) is 0 Å². The summed E-state index contributed by atoms with van der Waals surface area (Å²) in [5.74, 6) is -2.63. The Morgan fingerprint density at radius 2 is 1.95 bits per heavy atom. The van der Waals surface area contributed by atoms with E-state index >= 15 is 0 Å². The van der Waals surface area contributed by atoms with Gasteiger partial charge in [-0.1, -0.05) is 0 Å². The highest BCUT2D eigenvalue weighted by Crippen LogP contribution is 2.06. The highest BCUT2D eigenvalue weighted by molar-refractivity contribution is 7.80. The lowest BCUT2D eigenvalue weighted by molar-refractivity contribution is -0.138. The molecule has 0 bridgehead atoms. The molecule has 0 spiro atoms. The molecule has 0 heterocycles. The molecule has 1 unspecified atom stereocenters. The minimum atomic E-state index is -1.22. The Balaban J connectivity index is 4.35. The van der Waals surface area contributed by atoms with Crippen LogP contribution in [0.15, 0.2) is 11.8 Å². The summed E-state index contributed by atoms with van der Waals surface area (Å²) in [4.78, 5) is 33.2. The van der Waals surface area contributed by atoms with Crippen molar-refractivity contribution in [1.29, 1.82) is 0 Å². The molecule has 2 amide bonds. The first kappa shape index (κ1) is 18.1. The van der Waals surface area contributed by atoms with Crippen LogP contribution in [0, 0.1) is 6.29 Å². The minimum Gasteiger partial charge on any atom is -0.726 e. The molecule has 9 nitrogen and oxygen atoms in total. The SMILES string of the molecule is [NH-]C(=CCC(=O)NC(CS)C(=O)NCC(=O)O)[C-](O)O. The molecule has 1 atom stereocenters. The first-order valence-electron chi connectivity index (χ1n) is 5.34. The fourth-order valence-electron chi connectivity index (χ4n) is 1.02. The quantitative estimate of drug-likeness (QED) is 0.253. The van der Waals surface area contributed by atoms with Crippen molar-refractivity contribution in [3.05, 3.63) is 23.8 Å². The summed E-state index contributed by atoms with van der Waals surface area (Å²) in [5.41, 5.74) is 6.40. The molecular weight excluding hydrogens is 290 g/mol. The molecule has 114 valence electrons. The highest BCUT2D eigenvalue weighted by Gasteiger charge is 2.18. The number of rotatable bonds is 8. The summed E-state index contributed by atoms with van der Waals surface area (Å²) < 4.78 is 0. The number of aliphatic carboxylic acids is 1. The Bertz CT molecular complexity index is 398. The van der Waals surface area contributed by atoms with Gasteiger partial charge in [-0.15, -0.1) is 0 Å². The predicted octanol–water partition coefficient (Wildman–Crippen LogP) is -0.838. The van der Waals surface area contributed by atoms with Gasteiger partial charge in [0.15, 0.2) is 0 Å². The van der Waals surface area contributed by atoms with Gasteiger partial charge >= 0.3 is 5.97 Å². The lowest BCUT2D eigenvalue weighted by Crippen LogP contribution is -2.48. The van der Waals surface area contributed by atoms with E-state index in [1.54, 1.807) is 0 Å². The van der Waals surface area contributed by atoms with E-state index in [0.29, 0.717) is 0 Å². The lowest BCUT2D eigenvalue weighted by Gasteiger charge is -2.23. The maximum absolute atomic E-state index is 11.5. The zero-order valence-electron chi connectivity index (χ0n) is 10.3. The van der Waals surface area contributed by atoms with Gasteiger partial charge in [-0.2, -0.15) is 12.6 Å². The molecule has 0 fully saturated rings. The zero-order chi connectivity index (χ0) is 15.7. The van der Waals surface area contributed by atoms with Crippen molar-refractivity contribution in [2.45, 2.75) is 12.5 Å². The normalized spacial score (nSPS) is 12.4. The van der Waals surface area contributed by atoms with Gasteiger partial charge in [0.05, 0.1) is 0 Å². The second kappa shape index (κ2) is 9.07. The number of hydrogen-bond acceptors (Lipinski definition) is 6. The maximum Gasteiger partial charge on any atom is 0.322 e. The van der Waals surface area contributed by atoms with Gasteiger partial charge in [0.1, 0.15) is 12.6 Å². The van der Waals surface area contributed by atoms with E-state index in [4.69, 9.17) is 21.1 Å². The van der Waals surface area contributed by atoms with Crippen LogP contribution < -0.4 is 10.6 Å². The fourth-order valence-corrected chi connectivity index (χ4v) is 1.28. The van der Waals surface area contributed by atoms with Gasteiger partial charge < -0.3 is 31.7 Å². The van der Waals surface area contributed by atoms with Crippen molar-refractivity contribution in [2.75, 3.05) is 12.3 Å². The molecule has 0 radical (unpaired) electrons. The number of carbonyl (C=O) groups excluding carboxylic acids is 2. The van der Waals surface area contributed by atoms with E-state index < -0.39 is 42.4 Å². The topological polar surface area (TPSA) is 160 Å². The average molecular weight is 305 g/mol. The first-order chi connectivity index (χ1) is 9.27. The van der Waals surface area contributed by atoms with Gasteiger partial charge in [0, 0.05) is 12.0 Å². The molecule has 0 aliphatic rings. The molecule has 0 aromatic carbocycles. The third-order valence-corrected chi connectivity index (χ3v) is 2.35. The fraction of sp³-hybridized carbons (Fsp3) is 0.400. The Kier molecular flexibility index (Phi) is 8.20. The number of carboxylic acids is 1. The summed E-state index contributed by atoms with van der Waals surface area (Å²) >= 11 is 3.86. The number of carbonyl (C=O) groups is 3. The largest absolute Gasteiger partial charge is 0.726 e. The van der Waals surface area contributed by atoms with Crippen molar-refractivity contribution < 1.29 is 29.7 Å². The van der Waals surface area contributed by atoms with E-state index in [2.05, 4.69) is 23.3 Å². The van der Waals surface area contributed by atoms with Gasteiger partial charge in [0.2, 0.25) is 11.8 Å². The van der Waals surface area contributed by atoms with E-state index in [9.17, 15) is 14.4 Å².